The third-order valence-electron chi connectivity index (χ3n) is 5.97. The number of hydrogen-bond acceptors (Lipinski definition) is 6. The smallest absolute Gasteiger partial charge is 0.264 e. The summed E-state index contributed by atoms with van der Waals surface area (Å²) < 4.78 is 0. The zero-order valence-corrected chi connectivity index (χ0v) is 18.5. The van der Waals surface area contributed by atoms with E-state index in [0.29, 0.717) is 25.1 Å². The molecule has 1 saturated heterocycles. The van der Waals surface area contributed by atoms with Gasteiger partial charge in [-0.25, -0.2) is 4.98 Å². The Morgan fingerprint density at radius 1 is 1.30 bits per heavy atom. The summed E-state index contributed by atoms with van der Waals surface area (Å²) in [4.78, 5) is 39.7. The highest BCUT2D eigenvalue weighted by Gasteiger charge is 2.31. The molecule has 0 bridgehead atoms. The summed E-state index contributed by atoms with van der Waals surface area (Å²) >= 11 is 3.21. The van der Waals surface area contributed by atoms with E-state index in [1.165, 1.54) is 16.9 Å². The molecule has 156 valence electrons. The zero-order valence-electron chi connectivity index (χ0n) is 16.9. The minimum absolute atomic E-state index is 0.0000393. The second-order valence-electron chi connectivity index (χ2n) is 8.02. The maximum Gasteiger partial charge on any atom is 0.264 e. The highest BCUT2D eigenvalue weighted by molar-refractivity contribution is 7.13. The third kappa shape index (κ3) is 3.75. The number of rotatable bonds is 4. The quantitative estimate of drug-likeness (QED) is 0.671. The second-order valence-corrected chi connectivity index (χ2v) is 10.1. The number of carbonyl (C=O) groups is 1. The lowest BCUT2D eigenvalue weighted by Crippen LogP contribution is -2.40. The molecule has 5 heterocycles. The first-order valence-corrected chi connectivity index (χ1v) is 12.1. The van der Waals surface area contributed by atoms with Crippen LogP contribution in [0.5, 0.6) is 0 Å². The van der Waals surface area contributed by atoms with Crippen LogP contribution in [-0.4, -0.2) is 38.8 Å². The Labute approximate surface area is 183 Å². The van der Waals surface area contributed by atoms with Gasteiger partial charge in [0.1, 0.15) is 5.82 Å². The summed E-state index contributed by atoms with van der Waals surface area (Å²) in [6.07, 6.45) is 2.74. The van der Waals surface area contributed by atoms with Crippen LogP contribution >= 0.6 is 22.7 Å². The van der Waals surface area contributed by atoms with E-state index in [0.717, 1.165) is 47.2 Å². The van der Waals surface area contributed by atoms with Gasteiger partial charge < -0.3 is 9.88 Å². The number of nitrogens with one attached hydrogen (secondary N) is 1. The lowest BCUT2D eigenvalue weighted by Gasteiger charge is -2.29. The van der Waals surface area contributed by atoms with E-state index < -0.39 is 0 Å². The largest absolute Gasteiger partial charge is 0.333 e. The van der Waals surface area contributed by atoms with Crippen LogP contribution < -0.4 is 5.56 Å². The van der Waals surface area contributed by atoms with E-state index in [1.54, 1.807) is 16.2 Å². The van der Waals surface area contributed by atoms with Crippen molar-refractivity contribution in [3.05, 3.63) is 71.7 Å². The van der Waals surface area contributed by atoms with Crippen molar-refractivity contribution in [3.63, 3.8) is 0 Å². The number of H-pyrrole nitrogens is 1. The number of aromatic amines is 1. The van der Waals surface area contributed by atoms with Crippen LogP contribution in [0.25, 0.3) is 0 Å². The molecule has 1 amide bonds. The summed E-state index contributed by atoms with van der Waals surface area (Å²) in [5, 5.41) is 4.28. The van der Waals surface area contributed by atoms with Gasteiger partial charge in [0.05, 0.1) is 28.7 Å². The van der Waals surface area contributed by atoms with Gasteiger partial charge in [-0.3, -0.25) is 14.5 Å². The number of aromatic nitrogens is 2. The van der Waals surface area contributed by atoms with Gasteiger partial charge in [-0.15, -0.1) is 11.3 Å². The predicted molar refractivity (Wildman–Crippen MR) is 119 cm³/mol. The maximum absolute atomic E-state index is 12.9. The number of likely N-dealkylation sites (tertiary alicyclic amines) is 1. The second kappa shape index (κ2) is 8.09. The van der Waals surface area contributed by atoms with Gasteiger partial charge in [-0.05, 0) is 60.8 Å². The van der Waals surface area contributed by atoms with E-state index >= 15 is 0 Å². The standard InChI is InChI=1S/C22H24N4O2S2/c1-14-4-5-19(30-14)22(28)26-9-6-17-16(12-26)21(27)24-20(23-17)18-3-2-8-25(18)11-15-7-10-29-13-15/h4-5,7,10,13,18H,2-3,6,8-9,11-12H2,1H3,(H,23,24,27). The molecular formula is C22H24N4O2S2. The molecule has 3 aromatic heterocycles. The number of thiophene rings is 2. The molecule has 2 aliphatic rings. The van der Waals surface area contributed by atoms with Crippen molar-refractivity contribution >= 4 is 28.6 Å². The molecule has 0 aromatic carbocycles. The Balaban J connectivity index is 1.37. The first kappa shape index (κ1) is 19.7. The van der Waals surface area contributed by atoms with Crippen LogP contribution in [0, 0.1) is 6.92 Å². The first-order valence-electron chi connectivity index (χ1n) is 10.3. The Morgan fingerprint density at radius 2 is 2.20 bits per heavy atom. The highest BCUT2D eigenvalue weighted by atomic mass is 32.1. The molecule has 1 unspecified atom stereocenters. The van der Waals surface area contributed by atoms with E-state index in [4.69, 9.17) is 4.98 Å². The van der Waals surface area contributed by atoms with Crippen molar-refractivity contribution < 1.29 is 4.79 Å². The van der Waals surface area contributed by atoms with Crippen molar-refractivity contribution in [2.24, 2.45) is 0 Å². The van der Waals surface area contributed by atoms with E-state index in [9.17, 15) is 9.59 Å². The van der Waals surface area contributed by atoms with Gasteiger partial charge >= 0.3 is 0 Å². The first-order chi connectivity index (χ1) is 14.6. The number of aryl methyl sites for hydroxylation is 1. The Hall–Kier alpha value is -2.29. The van der Waals surface area contributed by atoms with Gasteiger partial charge in [0.25, 0.3) is 11.5 Å². The van der Waals surface area contributed by atoms with Crippen molar-refractivity contribution in [1.82, 2.24) is 19.8 Å². The normalized spacial score (nSPS) is 19.2. The summed E-state index contributed by atoms with van der Waals surface area (Å²) in [5.74, 6) is 0.778. The lowest BCUT2D eigenvalue weighted by molar-refractivity contribution is 0.0737. The van der Waals surface area contributed by atoms with E-state index in [1.807, 2.05) is 19.1 Å². The van der Waals surface area contributed by atoms with Gasteiger partial charge in [-0.1, -0.05) is 0 Å². The summed E-state index contributed by atoms with van der Waals surface area (Å²) in [7, 11) is 0. The Morgan fingerprint density at radius 3 is 2.97 bits per heavy atom. The monoisotopic (exact) mass is 440 g/mol. The van der Waals surface area contributed by atoms with Crippen LogP contribution in [-0.2, 0) is 19.5 Å². The third-order valence-corrected chi connectivity index (χ3v) is 7.69. The maximum atomic E-state index is 12.9. The van der Waals surface area contributed by atoms with Crippen LogP contribution in [0.3, 0.4) is 0 Å². The summed E-state index contributed by atoms with van der Waals surface area (Å²) in [6, 6.07) is 6.13. The molecule has 1 atom stereocenters. The molecule has 1 N–H and O–H groups in total. The van der Waals surface area contributed by atoms with Gasteiger partial charge in [-0.2, -0.15) is 11.3 Å². The summed E-state index contributed by atoms with van der Waals surface area (Å²) in [5.41, 5.74) is 2.69. The fourth-order valence-corrected chi connectivity index (χ4v) is 5.92. The average Bonchev–Trinajstić information content (AvgIpc) is 3.50. The molecule has 0 radical (unpaired) electrons. The molecular weight excluding hydrogens is 416 g/mol. The number of fused-ring (bicyclic) bond motifs is 1. The van der Waals surface area contributed by atoms with Gasteiger partial charge in [0.15, 0.2) is 0 Å². The molecule has 3 aromatic rings. The molecule has 1 fully saturated rings. The topological polar surface area (TPSA) is 69.3 Å². The number of carbonyl (C=O) groups excluding carboxylic acids is 1. The number of amides is 1. The molecule has 8 heteroatoms. The number of hydrogen-bond donors (Lipinski definition) is 1. The zero-order chi connectivity index (χ0) is 20.7. The van der Waals surface area contributed by atoms with Gasteiger partial charge in [0, 0.05) is 24.4 Å². The molecule has 0 aliphatic carbocycles. The predicted octanol–water partition coefficient (Wildman–Crippen LogP) is 3.74. The molecule has 5 rings (SSSR count). The fraction of sp³-hybridized carbons (Fsp3) is 0.409. The van der Waals surface area contributed by atoms with Crippen molar-refractivity contribution in [1.29, 1.82) is 0 Å². The van der Waals surface area contributed by atoms with Crippen molar-refractivity contribution in [2.75, 3.05) is 13.1 Å². The number of nitrogens with zero attached hydrogens (tertiary/aromatic N) is 3. The molecule has 30 heavy (non-hydrogen) atoms. The molecule has 6 nitrogen and oxygen atoms in total. The summed E-state index contributed by atoms with van der Waals surface area (Å²) in [6.45, 7) is 4.83. The minimum Gasteiger partial charge on any atom is -0.333 e. The van der Waals surface area contributed by atoms with Crippen LogP contribution in [0.2, 0.25) is 0 Å². The van der Waals surface area contributed by atoms with E-state index in [-0.39, 0.29) is 17.5 Å². The molecule has 2 aliphatic heterocycles. The Bertz CT molecular complexity index is 1120. The Kier molecular flexibility index (Phi) is 5.30. The van der Waals surface area contributed by atoms with E-state index in [2.05, 4.69) is 26.7 Å². The lowest BCUT2D eigenvalue weighted by atomic mass is 10.1. The van der Waals surface area contributed by atoms with Crippen molar-refractivity contribution in [3.8, 4) is 0 Å². The van der Waals surface area contributed by atoms with Crippen LogP contribution in [0.15, 0.2) is 33.8 Å². The molecule has 0 spiro atoms. The van der Waals surface area contributed by atoms with Crippen molar-refractivity contribution in [2.45, 2.75) is 45.3 Å². The highest BCUT2D eigenvalue weighted by Crippen LogP contribution is 2.32. The SMILES string of the molecule is Cc1ccc(C(=O)N2CCc3nc(C4CCCN4Cc4ccsc4)[nH]c(=O)c3C2)s1. The minimum atomic E-state index is -0.0998. The van der Waals surface area contributed by atoms with Crippen LogP contribution in [0.1, 0.15) is 56.1 Å². The fourth-order valence-electron chi connectivity index (χ4n) is 4.42. The van der Waals surface area contributed by atoms with Crippen LogP contribution in [0.4, 0.5) is 0 Å². The molecule has 0 saturated carbocycles. The average molecular weight is 441 g/mol. The van der Waals surface area contributed by atoms with Gasteiger partial charge in [0.2, 0.25) is 0 Å².